The third-order valence-corrected chi connectivity index (χ3v) is 3.87. The molecule has 1 atom stereocenters. The first-order valence-corrected chi connectivity index (χ1v) is 7.75. The molecule has 0 aliphatic carbocycles. The Kier molecular flexibility index (Phi) is 4.45. The Labute approximate surface area is 135 Å². The highest BCUT2D eigenvalue weighted by atomic mass is 16.1. The first-order chi connectivity index (χ1) is 11.1. The molecule has 3 heterocycles. The molecule has 1 unspecified atom stereocenters. The molecule has 7 heteroatoms. The van der Waals surface area contributed by atoms with Crippen LogP contribution in [0.5, 0.6) is 0 Å². The van der Waals surface area contributed by atoms with Gasteiger partial charge in [0.2, 0.25) is 5.91 Å². The van der Waals surface area contributed by atoms with Crippen molar-refractivity contribution in [2.24, 2.45) is 0 Å². The summed E-state index contributed by atoms with van der Waals surface area (Å²) in [6.45, 7) is 4.73. The first-order valence-electron chi connectivity index (χ1n) is 7.75. The number of nitrogens with one attached hydrogen (secondary N) is 1. The third kappa shape index (κ3) is 3.61. The van der Waals surface area contributed by atoms with Gasteiger partial charge in [-0.1, -0.05) is 0 Å². The minimum Gasteiger partial charge on any atom is -0.351 e. The van der Waals surface area contributed by atoms with E-state index in [1.54, 1.807) is 18.6 Å². The SMILES string of the molecule is CC(=O)NCc1cncc(C2CCCN2c2ccnc(C)n2)n1. The van der Waals surface area contributed by atoms with Gasteiger partial charge >= 0.3 is 0 Å². The van der Waals surface area contributed by atoms with Gasteiger partial charge in [0, 0.05) is 19.7 Å². The zero-order valence-corrected chi connectivity index (χ0v) is 13.4. The maximum Gasteiger partial charge on any atom is 0.217 e. The van der Waals surface area contributed by atoms with Crippen LogP contribution in [0, 0.1) is 6.92 Å². The van der Waals surface area contributed by atoms with Crippen LogP contribution in [0.25, 0.3) is 0 Å². The molecule has 0 aromatic carbocycles. The number of aryl methyl sites for hydroxylation is 1. The van der Waals surface area contributed by atoms with E-state index in [1.165, 1.54) is 6.92 Å². The quantitative estimate of drug-likeness (QED) is 0.922. The fraction of sp³-hybridized carbons (Fsp3) is 0.438. The highest BCUT2D eigenvalue weighted by Gasteiger charge is 2.28. The van der Waals surface area contributed by atoms with Crippen LogP contribution in [0.2, 0.25) is 0 Å². The minimum atomic E-state index is -0.0730. The summed E-state index contributed by atoms with van der Waals surface area (Å²) in [6, 6.07) is 2.09. The fourth-order valence-electron chi connectivity index (χ4n) is 2.84. The number of anilines is 1. The highest BCUT2D eigenvalue weighted by molar-refractivity contribution is 5.72. The molecular formula is C16H20N6O. The summed E-state index contributed by atoms with van der Waals surface area (Å²) in [5.74, 6) is 1.61. The molecule has 1 amide bonds. The van der Waals surface area contributed by atoms with E-state index in [1.807, 2.05) is 13.0 Å². The van der Waals surface area contributed by atoms with Crippen LogP contribution in [0.4, 0.5) is 5.82 Å². The summed E-state index contributed by atoms with van der Waals surface area (Å²) < 4.78 is 0. The van der Waals surface area contributed by atoms with Gasteiger partial charge in [-0.3, -0.25) is 14.8 Å². The summed E-state index contributed by atoms with van der Waals surface area (Å²) in [7, 11) is 0. The standard InChI is InChI=1S/C16H20N6O/c1-11-18-6-5-16(20-11)22-7-3-4-15(22)14-10-17-8-13(21-14)9-19-12(2)23/h5-6,8,10,15H,3-4,7,9H2,1-2H3,(H,19,23). The number of hydrogen-bond donors (Lipinski definition) is 1. The second kappa shape index (κ2) is 6.68. The van der Waals surface area contributed by atoms with E-state index in [4.69, 9.17) is 0 Å². The maximum atomic E-state index is 11.0. The summed E-state index contributed by atoms with van der Waals surface area (Å²) in [6.07, 6.45) is 7.38. The number of aromatic nitrogens is 4. The lowest BCUT2D eigenvalue weighted by atomic mass is 10.1. The predicted molar refractivity (Wildman–Crippen MR) is 85.6 cm³/mol. The number of carbonyl (C=O) groups excluding carboxylic acids is 1. The van der Waals surface area contributed by atoms with E-state index in [0.717, 1.165) is 42.4 Å². The van der Waals surface area contributed by atoms with Crippen molar-refractivity contribution in [1.29, 1.82) is 0 Å². The molecule has 23 heavy (non-hydrogen) atoms. The Morgan fingerprint density at radius 1 is 1.39 bits per heavy atom. The van der Waals surface area contributed by atoms with E-state index in [0.29, 0.717) is 6.54 Å². The van der Waals surface area contributed by atoms with Gasteiger partial charge in [-0.05, 0) is 25.8 Å². The third-order valence-electron chi connectivity index (χ3n) is 3.87. The number of rotatable bonds is 4. The summed E-state index contributed by atoms with van der Waals surface area (Å²) >= 11 is 0. The molecule has 1 N–H and O–H groups in total. The van der Waals surface area contributed by atoms with E-state index < -0.39 is 0 Å². The normalized spacial score (nSPS) is 17.3. The second-order valence-corrected chi connectivity index (χ2v) is 5.66. The van der Waals surface area contributed by atoms with Crippen molar-refractivity contribution in [3.63, 3.8) is 0 Å². The maximum absolute atomic E-state index is 11.0. The Balaban J connectivity index is 1.82. The number of nitrogens with zero attached hydrogens (tertiary/aromatic N) is 5. The Bertz CT molecular complexity index is 704. The Hall–Kier alpha value is -2.57. The van der Waals surface area contributed by atoms with Crippen LogP contribution >= 0.6 is 0 Å². The zero-order chi connectivity index (χ0) is 16.2. The van der Waals surface area contributed by atoms with Gasteiger partial charge in [-0.2, -0.15) is 0 Å². The fourth-order valence-corrected chi connectivity index (χ4v) is 2.84. The Morgan fingerprint density at radius 2 is 2.26 bits per heavy atom. The average Bonchev–Trinajstić information content (AvgIpc) is 3.03. The smallest absolute Gasteiger partial charge is 0.217 e. The van der Waals surface area contributed by atoms with Gasteiger partial charge in [-0.25, -0.2) is 9.97 Å². The molecule has 0 radical (unpaired) electrons. The van der Waals surface area contributed by atoms with E-state index in [2.05, 4.69) is 30.2 Å². The molecule has 7 nitrogen and oxygen atoms in total. The van der Waals surface area contributed by atoms with Gasteiger partial charge in [0.25, 0.3) is 0 Å². The van der Waals surface area contributed by atoms with Crippen molar-refractivity contribution in [2.45, 2.75) is 39.3 Å². The Morgan fingerprint density at radius 3 is 3.04 bits per heavy atom. The van der Waals surface area contributed by atoms with E-state index in [9.17, 15) is 4.79 Å². The molecule has 0 spiro atoms. The zero-order valence-electron chi connectivity index (χ0n) is 13.4. The molecule has 1 fully saturated rings. The van der Waals surface area contributed by atoms with Crippen molar-refractivity contribution >= 4 is 11.7 Å². The van der Waals surface area contributed by atoms with Gasteiger partial charge in [-0.15, -0.1) is 0 Å². The number of amides is 1. The van der Waals surface area contributed by atoms with Crippen LogP contribution in [0.1, 0.15) is 43.0 Å². The highest BCUT2D eigenvalue weighted by Crippen LogP contribution is 2.33. The summed E-state index contributed by atoms with van der Waals surface area (Å²) in [5.41, 5.74) is 1.69. The van der Waals surface area contributed by atoms with Crippen molar-refractivity contribution in [1.82, 2.24) is 25.3 Å². The van der Waals surface area contributed by atoms with E-state index >= 15 is 0 Å². The molecule has 120 valence electrons. The number of hydrogen-bond acceptors (Lipinski definition) is 6. The largest absolute Gasteiger partial charge is 0.351 e. The molecule has 1 aliphatic heterocycles. The van der Waals surface area contributed by atoms with E-state index in [-0.39, 0.29) is 11.9 Å². The second-order valence-electron chi connectivity index (χ2n) is 5.66. The van der Waals surface area contributed by atoms with Crippen LogP contribution < -0.4 is 10.2 Å². The molecule has 0 saturated carbocycles. The van der Waals surface area contributed by atoms with Crippen molar-refractivity contribution < 1.29 is 4.79 Å². The van der Waals surface area contributed by atoms with Crippen molar-refractivity contribution in [3.05, 3.63) is 41.9 Å². The molecule has 2 aromatic rings. The number of carbonyl (C=O) groups is 1. The molecule has 3 rings (SSSR count). The van der Waals surface area contributed by atoms with Crippen molar-refractivity contribution in [3.8, 4) is 0 Å². The molecule has 1 saturated heterocycles. The average molecular weight is 312 g/mol. The molecule has 0 bridgehead atoms. The summed E-state index contributed by atoms with van der Waals surface area (Å²) in [5, 5.41) is 2.75. The van der Waals surface area contributed by atoms with Crippen molar-refractivity contribution in [2.75, 3.05) is 11.4 Å². The topological polar surface area (TPSA) is 83.9 Å². The van der Waals surface area contributed by atoms with Crippen LogP contribution in [-0.2, 0) is 11.3 Å². The lowest BCUT2D eigenvalue weighted by Gasteiger charge is -2.25. The van der Waals surface area contributed by atoms with Gasteiger partial charge in [0.15, 0.2) is 0 Å². The van der Waals surface area contributed by atoms with Crippen LogP contribution in [-0.4, -0.2) is 32.4 Å². The van der Waals surface area contributed by atoms with Crippen LogP contribution in [0.3, 0.4) is 0 Å². The predicted octanol–water partition coefficient (Wildman–Crippen LogP) is 1.55. The van der Waals surface area contributed by atoms with Gasteiger partial charge in [0.1, 0.15) is 11.6 Å². The summed E-state index contributed by atoms with van der Waals surface area (Å²) in [4.78, 5) is 30.9. The first kappa shape index (κ1) is 15.3. The molecule has 1 aliphatic rings. The molecule has 2 aromatic heterocycles. The van der Waals surface area contributed by atoms with Gasteiger partial charge < -0.3 is 10.2 Å². The molecular weight excluding hydrogens is 292 g/mol. The van der Waals surface area contributed by atoms with Gasteiger partial charge in [0.05, 0.1) is 36.4 Å². The minimum absolute atomic E-state index is 0.0730. The van der Waals surface area contributed by atoms with Crippen LogP contribution in [0.15, 0.2) is 24.7 Å². The lowest BCUT2D eigenvalue weighted by Crippen LogP contribution is -2.25. The monoisotopic (exact) mass is 312 g/mol. The lowest BCUT2D eigenvalue weighted by molar-refractivity contribution is -0.119.